The van der Waals surface area contributed by atoms with Crippen LogP contribution in [0.25, 0.3) is 0 Å². The molecule has 1 rings (SSSR count). The Kier molecular flexibility index (Phi) is 6.15. The molecule has 0 unspecified atom stereocenters. The van der Waals surface area contributed by atoms with Crippen LogP contribution in [0.4, 0.5) is 0 Å². The fraction of sp³-hybridized carbons (Fsp3) is 0.846. The van der Waals surface area contributed by atoms with Crippen LogP contribution in [0.5, 0.6) is 0 Å². The molecule has 0 aromatic carbocycles. The highest BCUT2D eigenvalue weighted by Crippen LogP contribution is 2.15. The number of nitrogens with zero attached hydrogens (tertiary/aromatic N) is 2. The van der Waals surface area contributed by atoms with Crippen LogP contribution in [-0.4, -0.2) is 68.4 Å². The maximum absolute atomic E-state index is 11.9. The van der Waals surface area contributed by atoms with Crippen LogP contribution in [0.3, 0.4) is 0 Å². The molecule has 7 nitrogen and oxygen atoms in total. The van der Waals surface area contributed by atoms with E-state index in [1.54, 1.807) is 11.9 Å². The van der Waals surface area contributed by atoms with Gasteiger partial charge in [0.1, 0.15) is 0 Å². The lowest BCUT2D eigenvalue weighted by atomic mass is 10.1. The maximum atomic E-state index is 11.9. The first-order valence-electron chi connectivity index (χ1n) is 7.11. The Bertz CT molecular complexity index is 490. The number of hydrogen-bond acceptors (Lipinski definition) is 4. The lowest BCUT2D eigenvalue weighted by Crippen LogP contribution is -2.39. The van der Waals surface area contributed by atoms with Crippen molar-refractivity contribution in [2.45, 2.75) is 32.7 Å². The third-order valence-electron chi connectivity index (χ3n) is 3.57. The fourth-order valence-electron chi connectivity index (χ4n) is 2.44. The summed E-state index contributed by atoms with van der Waals surface area (Å²) in [5.74, 6) is -0.444. The lowest BCUT2D eigenvalue weighted by molar-refractivity contribution is -0.128. The number of hydrogen-bond donors (Lipinski definition) is 1. The van der Waals surface area contributed by atoms with Crippen LogP contribution < -0.4 is 5.32 Å². The summed E-state index contributed by atoms with van der Waals surface area (Å²) < 4.78 is 24.6. The van der Waals surface area contributed by atoms with E-state index in [1.807, 2.05) is 13.8 Å². The number of rotatable bonds is 7. The van der Waals surface area contributed by atoms with Crippen LogP contribution in [0, 0.1) is 5.92 Å². The van der Waals surface area contributed by atoms with Gasteiger partial charge in [-0.15, -0.1) is 0 Å². The van der Waals surface area contributed by atoms with Crippen molar-refractivity contribution >= 4 is 21.8 Å². The topological polar surface area (TPSA) is 86.8 Å². The number of likely N-dealkylation sites (tertiary alicyclic amines) is 1. The number of amides is 2. The quantitative estimate of drug-likeness (QED) is 0.649. The van der Waals surface area contributed by atoms with Gasteiger partial charge in [0.05, 0.1) is 12.2 Å². The molecular weight excluding hydrogens is 294 g/mol. The monoisotopic (exact) mass is 319 g/mol. The van der Waals surface area contributed by atoms with Crippen LogP contribution >= 0.6 is 0 Å². The van der Waals surface area contributed by atoms with Crippen molar-refractivity contribution in [2.75, 3.05) is 32.9 Å². The molecule has 1 fully saturated rings. The van der Waals surface area contributed by atoms with E-state index in [9.17, 15) is 18.0 Å². The minimum atomic E-state index is -3.23. The highest BCUT2D eigenvalue weighted by Gasteiger charge is 2.31. The lowest BCUT2D eigenvalue weighted by Gasteiger charge is -2.23. The van der Waals surface area contributed by atoms with Crippen molar-refractivity contribution in [2.24, 2.45) is 5.92 Å². The van der Waals surface area contributed by atoms with Crippen molar-refractivity contribution in [3.8, 4) is 0 Å². The van der Waals surface area contributed by atoms with Gasteiger partial charge in [0, 0.05) is 39.1 Å². The number of carbonyl (C=O) groups excluding carboxylic acids is 2. The van der Waals surface area contributed by atoms with Gasteiger partial charge in [0.2, 0.25) is 21.8 Å². The Balaban J connectivity index is 2.34. The van der Waals surface area contributed by atoms with Crippen molar-refractivity contribution in [3.63, 3.8) is 0 Å². The van der Waals surface area contributed by atoms with Crippen molar-refractivity contribution in [1.29, 1.82) is 0 Å². The van der Waals surface area contributed by atoms with Gasteiger partial charge in [-0.2, -0.15) is 4.31 Å². The molecule has 0 radical (unpaired) electrons. The molecule has 1 aliphatic rings. The zero-order valence-electron chi connectivity index (χ0n) is 13.1. The van der Waals surface area contributed by atoms with Crippen molar-refractivity contribution in [3.05, 3.63) is 0 Å². The van der Waals surface area contributed by atoms with Crippen LogP contribution in [0.2, 0.25) is 0 Å². The second kappa shape index (κ2) is 7.22. The van der Waals surface area contributed by atoms with Crippen molar-refractivity contribution in [1.82, 2.24) is 14.5 Å². The molecule has 0 saturated carbocycles. The summed E-state index contributed by atoms with van der Waals surface area (Å²) in [5.41, 5.74) is 0. The molecule has 122 valence electrons. The standard InChI is InChI=1S/C13H25N3O4S/c1-10(2)16(21(4,19)20)7-5-6-14-13(18)11-8-12(17)15(3)9-11/h10-11H,5-9H2,1-4H3,(H,14,18)/t11-/m0/s1. The molecule has 1 heterocycles. The third kappa shape index (κ3) is 5.28. The summed E-state index contributed by atoms with van der Waals surface area (Å²) in [5, 5.41) is 2.77. The fourth-order valence-corrected chi connectivity index (χ4v) is 3.66. The molecular formula is C13H25N3O4S. The normalized spacial score (nSPS) is 19.6. The van der Waals surface area contributed by atoms with E-state index >= 15 is 0 Å². The van der Waals surface area contributed by atoms with Crippen LogP contribution in [0.1, 0.15) is 26.7 Å². The first-order chi connectivity index (χ1) is 9.62. The average Bonchev–Trinajstić information content (AvgIpc) is 2.67. The summed E-state index contributed by atoms with van der Waals surface area (Å²) in [6, 6.07) is -0.100. The molecule has 0 aromatic rings. The second-order valence-corrected chi connectivity index (χ2v) is 7.72. The number of carbonyl (C=O) groups is 2. The first-order valence-corrected chi connectivity index (χ1v) is 8.96. The predicted octanol–water partition coefficient (Wildman–Crippen LogP) is -0.359. The van der Waals surface area contributed by atoms with Crippen molar-refractivity contribution < 1.29 is 18.0 Å². The van der Waals surface area contributed by atoms with E-state index in [-0.39, 0.29) is 30.2 Å². The van der Waals surface area contributed by atoms with E-state index in [1.165, 1.54) is 10.6 Å². The third-order valence-corrected chi connectivity index (χ3v) is 5.02. The van der Waals surface area contributed by atoms with E-state index in [0.29, 0.717) is 26.1 Å². The molecule has 2 amide bonds. The molecule has 8 heteroatoms. The van der Waals surface area contributed by atoms with Gasteiger partial charge in [0.15, 0.2) is 0 Å². The maximum Gasteiger partial charge on any atom is 0.225 e. The average molecular weight is 319 g/mol. The molecule has 0 spiro atoms. The van der Waals surface area contributed by atoms with E-state index in [2.05, 4.69) is 5.32 Å². The minimum absolute atomic E-state index is 0.0155. The summed E-state index contributed by atoms with van der Waals surface area (Å²) >= 11 is 0. The van der Waals surface area contributed by atoms with Gasteiger partial charge < -0.3 is 10.2 Å². The molecule has 0 bridgehead atoms. The molecule has 21 heavy (non-hydrogen) atoms. The van der Waals surface area contributed by atoms with Gasteiger partial charge in [-0.25, -0.2) is 8.42 Å². The smallest absolute Gasteiger partial charge is 0.225 e. The molecule has 0 aliphatic carbocycles. The molecule has 0 aromatic heterocycles. The van der Waals surface area contributed by atoms with Gasteiger partial charge in [-0.05, 0) is 20.3 Å². The molecule has 1 N–H and O–H groups in total. The van der Waals surface area contributed by atoms with Crippen LogP contribution in [-0.2, 0) is 19.6 Å². The summed E-state index contributed by atoms with van der Waals surface area (Å²) in [7, 11) is -1.54. The molecule has 1 saturated heterocycles. The van der Waals surface area contributed by atoms with E-state index in [4.69, 9.17) is 0 Å². The number of nitrogens with one attached hydrogen (secondary N) is 1. The highest BCUT2D eigenvalue weighted by atomic mass is 32.2. The van der Waals surface area contributed by atoms with E-state index < -0.39 is 10.0 Å². The summed E-state index contributed by atoms with van der Waals surface area (Å²) in [6.07, 6.45) is 1.99. The number of sulfonamides is 1. The van der Waals surface area contributed by atoms with Crippen LogP contribution in [0.15, 0.2) is 0 Å². The van der Waals surface area contributed by atoms with E-state index in [0.717, 1.165) is 0 Å². The van der Waals surface area contributed by atoms with Gasteiger partial charge in [-0.1, -0.05) is 0 Å². The summed E-state index contributed by atoms with van der Waals surface area (Å²) in [6.45, 7) is 4.87. The van der Waals surface area contributed by atoms with Gasteiger partial charge in [0.25, 0.3) is 0 Å². The predicted molar refractivity (Wildman–Crippen MR) is 80.1 cm³/mol. The van der Waals surface area contributed by atoms with Gasteiger partial charge in [-0.3, -0.25) is 9.59 Å². The molecule has 1 aliphatic heterocycles. The highest BCUT2D eigenvalue weighted by molar-refractivity contribution is 7.88. The second-order valence-electron chi connectivity index (χ2n) is 5.79. The Labute approximate surface area is 126 Å². The Hall–Kier alpha value is -1.15. The Morgan fingerprint density at radius 3 is 2.52 bits per heavy atom. The summed E-state index contributed by atoms with van der Waals surface area (Å²) in [4.78, 5) is 24.8. The molecule has 1 atom stereocenters. The zero-order chi connectivity index (χ0) is 16.2. The Morgan fingerprint density at radius 1 is 1.48 bits per heavy atom. The zero-order valence-corrected chi connectivity index (χ0v) is 13.9. The largest absolute Gasteiger partial charge is 0.356 e. The minimum Gasteiger partial charge on any atom is -0.356 e. The SMILES string of the molecule is CC(C)N(CCCNC(=O)[C@H]1CC(=O)N(C)C1)S(C)(=O)=O. The first kappa shape index (κ1) is 17.9. The van der Waals surface area contributed by atoms with Gasteiger partial charge >= 0.3 is 0 Å². The Morgan fingerprint density at radius 2 is 2.10 bits per heavy atom.